The molecule has 1 fully saturated rings. The van der Waals surface area contributed by atoms with Crippen LogP contribution in [0.3, 0.4) is 0 Å². The summed E-state index contributed by atoms with van der Waals surface area (Å²) >= 11 is 0. The van der Waals surface area contributed by atoms with Gasteiger partial charge in [0.05, 0.1) is 5.92 Å². The molecule has 0 aromatic rings. The standard InChI is InChI=1S/C15H21NO4/c1-5-10(13(18)15(2,3)4)9-12(17)16-8-6-7-11(16)14(19)20/h1,10-11H,6-9H2,2-4H3,(H,19,20)/t10?,11-/m0/s1. The normalized spacial score (nSPS) is 20.3. The van der Waals surface area contributed by atoms with Crippen LogP contribution in [0.5, 0.6) is 0 Å². The Balaban J connectivity index is 2.76. The molecule has 1 aliphatic rings. The summed E-state index contributed by atoms with van der Waals surface area (Å²) < 4.78 is 0. The van der Waals surface area contributed by atoms with Crippen molar-refractivity contribution >= 4 is 17.7 Å². The Morgan fingerprint density at radius 2 is 2.00 bits per heavy atom. The van der Waals surface area contributed by atoms with Crippen molar-refractivity contribution in [2.75, 3.05) is 6.54 Å². The van der Waals surface area contributed by atoms with Gasteiger partial charge in [0.2, 0.25) is 5.91 Å². The Hall–Kier alpha value is -1.83. The third kappa shape index (κ3) is 3.60. The van der Waals surface area contributed by atoms with Gasteiger partial charge >= 0.3 is 5.97 Å². The number of nitrogens with zero attached hydrogens (tertiary/aromatic N) is 1. The summed E-state index contributed by atoms with van der Waals surface area (Å²) in [6.45, 7) is 5.66. The topological polar surface area (TPSA) is 74.7 Å². The number of carboxylic acid groups (broad SMARTS) is 1. The van der Waals surface area contributed by atoms with Crippen LogP contribution in [-0.4, -0.2) is 40.3 Å². The Labute approximate surface area is 119 Å². The number of hydrogen-bond donors (Lipinski definition) is 1. The molecule has 0 bridgehead atoms. The van der Waals surface area contributed by atoms with Crippen LogP contribution in [0, 0.1) is 23.7 Å². The van der Waals surface area contributed by atoms with Crippen molar-refractivity contribution in [3.05, 3.63) is 0 Å². The van der Waals surface area contributed by atoms with E-state index in [0.717, 1.165) is 0 Å². The first-order valence-corrected chi connectivity index (χ1v) is 6.71. The molecule has 0 aromatic carbocycles. The summed E-state index contributed by atoms with van der Waals surface area (Å²) in [4.78, 5) is 36.7. The predicted molar refractivity (Wildman–Crippen MR) is 73.8 cm³/mol. The summed E-state index contributed by atoms with van der Waals surface area (Å²) in [7, 11) is 0. The zero-order chi connectivity index (χ0) is 15.5. The molecule has 1 amide bonds. The van der Waals surface area contributed by atoms with Gasteiger partial charge in [-0.3, -0.25) is 9.59 Å². The molecule has 5 nitrogen and oxygen atoms in total. The molecule has 0 aromatic heterocycles. The molecular weight excluding hydrogens is 258 g/mol. The molecule has 0 radical (unpaired) electrons. The Kier molecular flexibility index (Phi) is 4.93. The lowest BCUT2D eigenvalue weighted by molar-refractivity contribution is -0.148. The lowest BCUT2D eigenvalue weighted by Crippen LogP contribution is -2.42. The summed E-state index contributed by atoms with van der Waals surface area (Å²) in [6, 6.07) is -0.786. The van der Waals surface area contributed by atoms with Crippen LogP contribution in [0.4, 0.5) is 0 Å². The fourth-order valence-electron chi connectivity index (χ4n) is 2.36. The number of likely N-dealkylation sites (tertiary alicyclic amines) is 1. The number of carbonyl (C=O) groups is 3. The zero-order valence-corrected chi connectivity index (χ0v) is 12.2. The first-order valence-electron chi connectivity index (χ1n) is 6.71. The lowest BCUT2D eigenvalue weighted by Gasteiger charge is -2.25. The molecule has 1 N–H and O–H groups in total. The van der Waals surface area contributed by atoms with E-state index in [0.29, 0.717) is 19.4 Å². The number of terminal acetylenes is 1. The van der Waals surface area contributed by atoms with Crippen molar-refractivity contribution < 1.29 is 19.5 Å². The van der Waals surface area contributed by atoms with E-state index in [1.165, 1.54) is 4.90 Å². The number of carbonyl (C=O) groups excluding carboxylic acids is 2. The largest absolute Gasteiger partial charge is 0.480 e. The van der Waals surface area contributed by atoms with Gasteiger partial charge in [-0.25, -0.2) is 4.79 Å². The third-order valence-electron chi connectivity index (χ3n) is 3.49. The molecule has 1 rings (SSSR count). The number of Topliss-reactive ketones (excluding diaryl/α,β-unsaturated/α-hetero) is 1. The average molecular weight is 279 g/mol. The molecule has 0 saturated carbocycles. The number of aliphatic carboxylic acids is 1. The van der Waals surface area contributed by atoms with E-state index in [-0.39, 0.29) is 18.1 Å². The highest BCUT2D eigenvalue weighted by molar-refractivity contribution is 5.93. The van der Waals surface area contributed by atoms with Gasteiger partial charge in [-0.05, 0) is 12.8 Å². The second kappa shape index (κ2) is 6.08. The van der Waals surface area contributed by atoms with Crippen LogP contribution in [0.1, 0.15) is 40.0 Å². The molecule has 2 atom stereocenters. The fourth-order valence-corrected chi connectivity index (χ4v) is 2.36. The zero-order valence-electron chi connectivity index (χ0n) is 12.2. The molecule has 5 heteroatoms. The molecule has 110 valence electrons. The van der Waals surface area contributed by atoms with Gasteiger partial charge in [-0.2, -0.15) is 0 Å². The van der Waals surface area contributed by atoms with Gasteiger partial charge in [0.1, 0.15) is 6.04 Å². The Morgan fingerprint density at radius 1 is 1.40 bits per heavy atom. The minimum Gasteiger partial charge on any atom is -0.480 e. The number of rotatable bonds is 4. The van der Waals surface area contributed by atoms with Crippen molar-refractivity contribution in [3.8, 4) is 12.3 Å². The summed E-state index contributed by atoms with van der Waals surface area (Å²) in [5.41, 5.74) is -0.617. The van der Waals surface area contributed by atoms with E-state index in [1.807, 2.05) is 0 Å². The minimum absolute atomic E-state index is 0.115. The average Bonchev–Trinajstić information content (AvgIpc) is 2.82. The van der Waals surface area contributed by atoms with Crippen LogP contribution >= 0.6 is 0 Å². The molecule has 20 heavy (non-hydrogen) atoms. The SMILES string of the molecule is C#CC(CC(=O)N1CCC[C@H]1C(=O)O)C(=O)C(C)(C)C. The highest BCUT2D eigenvalue weighted by atomic mass is 16.4. The molecule has 1 unspecified atom stereocenters. The van der Waals surface area contributed by atoms with Crippen LogP contribution < -0.4 is 0 Å². The van der Waals surface area contributed by atoms with E-state index >= 15 is 0 Å². The van der Waals surface area contributed by atoms with Gasteiger partial charge in [0, 0.05) is 18.4 Å². The van der Waals surface area contributed by atoms with Gasteiger partial charge in [-0.1, -0.05) is 26.7 Å². The van der Waals surface area contributed by atoms with Gasteiger partial charge in [0.15, 0.2) is 5.78 Å². The predicted octanol–water partition coefficient (Wildman–Crippen LogP) is 1.32. The van der Waals surface area contributed by atoms with Crippen molar-refractivity contribution in [3.63, 3.8) is 0 Å². The maximum atomic E-state index is 12.2. The quantitative estimate of drug-likeness (QED) is 0.787. The Morgan fingerprint density at radius 3 is 2.45 bits per heavy atom. The smallest absolute Gasteiger partial charge is 0.326 e. The molecule has 1 heterocycles. The molecular formula is C15H21NO4. The Bertz CT molecular complexity index is 455. The van der Waals surface area contributed by atoms with Gasteiger partial charge in [-0.15, -0.1) is 6.42 Å². The van der Waals surface area contributed by atoms with Gasteiger partial charge < -0.3 is 10.0 Å². The second-order valence-electron chi connectivity index (χ2n) is 6.12. The maximum Gasteiger partial charge on any atom is 0.326 e. The van der Waals surface area contributed by atoms with Crippen LogP contribution in [-0.2, 0) is 14.4 Å². The number of amides is 1. The van der Waals surface area contributed by atoms with Crippen molar-refractivity contribution in [2.24, 2.45) is 11.3 Å². The number of hydrogen-bond acceptors (Lipinski definition) is 3. The molecule has 0 aliphatic carbocycles. The lowest BCUT2D eigenvalue weighted by atomic mass is 9.82. The van der Waals surface area contributed by atoms with E-state index in [4.69, 9.17) is 11.5 Å². The van der Waals surface area contributed by atoms with Crippen molar-refractivity contribution in [2.45, 2.75) is 46.1 Å². The maximum absolute atomic E-state index is 12.2. The monoisotopic (exact) mass is 279 g/mol. The van der Waals surface area contributed by atoms with Crippen molar-refractivity contribution in [1.82, 2.24) is 4.90 Å². The van der Waals surface area contributed by atoms with Crippen LogP contribution in [0.15, 0.2) is 0 Å². The number of ketones is 1. The molecule has 0 spiro atoms. The second-order valence-corrected chi connectivity index (χ2v) is 6.12. The van der Waals surface area contributed by atoms with E-state index in [9.17, 15) is 14.4 Å². The summed E-state index contributed by atoms with van der Waals surface area (Å²) in [5.74, 6) is 0.0454. The summed E-state index contributed by atoms with van der Waals surface area (Å²) in [5, 5.41) is 9.06. The fraction of sp³-hybridized carbons (Fsp3) is 0.667. The molecule has 1 aliphatic heterocycles. The van der Waals surface area contributed by atoms with E-state index in [2.05, 4.69) is 5.92 Å². The third-order valence-corrected chi connectivity index (χ3v) is 3.49. The number of carboxylic acids is 1. The van der Waals surface area contributed by atoms with Gasteiger partial charge in [0.25, 0.3) is 0 Å². The first-order chi connectivity index (χ1) is 9.18. The first kappa shape index (κ1) is 16.2. The highest BCUT2D eigenvalue weighted by Crippen LogP contribution is 2.25. The highest BCUT2D eigenvalue weighted by Gasteiger charge is 2.37. The summed E-state index contributed by atoms with van der Waals surface area (Å²) in [6.07, 6.45) is 6.36. The van der Waals surface area contributed by atoms with Crippen LogP contribution in [0.25, 0.3) is 0 Å². The van der Waals surface area contributed by atoms with E-state index in [1.54, 1.807) is 20.8 Å². The minimum atomic E-state index is -1.00. The van der Waals surface area contributed by atoms with Crippen LogP contribution in [0.2, 0.25) is 0 Å². The van der Waals surface area contributed by atoms with E-state index < -0.39 is 23.3 Å². The van der Waals surface area contributed by atoms with Crippen molar-refractivity contribution in [1.29, 1.82) is 0 Å². The molecule has 1 saturated heterocycles.